The summed E-state index contributed by atoms with van der Waals surface area (Å²) < 4.78 is 11.3. The Morgan fingerprint density at radius 1 is 1.20 bits per heavy atom. The molecular weight excluding hydrogens is 398 g/mol. The van der Waals surface area contributed by atoms with Crippen LogP contribution in [0.5, 0.6) is 11.5 Å². The van der Waals surface area contributed by atoms with Gasteiger partial charge < -0.3 is 14.4 Å². The van der Waals surface area contributed by atoms with Gasteiger partial charge >= 0.3 is 0 Å². The summed E-state index contributed by atoms with van der Waals surface area (Å²) in [5, 5.41) is 12.1. The Morgan fingerprint density at radius 3 is 2.63 bits per heavy atom. The second-order valence-electron chi connectivity index (χ2n) is 7.04. The second-order valence-corrected chi connectivity index (χ2v) is 8.10. The summed E-state index contributed by atoms with van der Waals surface area (Å²) in [4.78, 5) is 19.3. The summed E-state index contributed by atoms with van der Waals surface area (Å²) in [6.07, 6.45) is 0.0663. The van der Waals surface area contributed by atoms with Crippen LogP contribution in [0.25, 0.3) is 0 Å². The number of carbonyl (C=O) groups is 1. The average Bonchev–Trinajstić information content (AvgIpc) is 3.20. The number of thiazole rings is 1. The molecule has 3 aromatic rings. The third-order valence-corrected chi connectivity index (χ3v) is 5.93. The number of amides is 1. The van der Waals surface area contributed by atoms with Crippen molar-refractivity contribution in [3.63, 3.8) is 0 Å². The number of likely N-dealkylation sites (tertiary alicyclic amines) is 1. The zero-order valence-electron chi connectivity index (χ0n) is 16.7. The first-order valence-electron chi connectivity index (χ1n) is 9.61. The van der Waals surface area contributed by atoms with Crippen LogP contribution < -0.4 is 9.47 Å². The summed E-state index contributed by atoms with van der Waals surface area (Å²) in [5.41, 5.74) is 2.51. The predicted octanol–water partition coefficient (Wildman–Crippen LogP) is 3.91. The molecule has 2 heterocycles. The first-order chi connectivity index (χ1) is 14.6. The number of ether oxygens (including phenoxy) is 2. The number of benzene rings is 2. The maximum Gasteiger partial charge on any atom is 0.266 e. The zero-order valence-corrected chi connectivity index (χ0v) is 17.6. The van der Waals surface area contributed by atoms with Crippen molar-refractivity contribution in [1.29, 1.82) is 5.26 Å². The van der Waals surface area contributed by atoms with Crippen molar-refractivity contribution in [3.8, 4) is 17.6 Å². The molecule has 1 saturated heterocycles. The standard InChI is InChI=1S/C23H21N3O3S/c1-15-25-18(14-30-15)10-11-26-21(17-8-6-16(13-24)7-9-17)22(23(26)27)29-20-5-3-4-19(12-20)28-2/h3-9,12,14,21-22H,10-11H2,1-2H3/t21-,22-/m1/s1. The van der Waals surface area contributed by atoms with Gasteiger partial charge in [-0.2, -0.15) is 5.26 Å². The van der Waals surface area contributed by atoms with Crippen molar-refractivity contribution in [2.75, 3.05) is 13.7 Å². The Balaban J connectivity index is 1.56. The van der Waals surface area contributed by atoms with Gasteiger partial charge in [-0.3, -0.25) is 4.79 Å². The van der Waals surface area contributed by atoms with Gasteiger partial charge in [0, 0.05) is 24.4 Å². The molecule has 1 amide bonds. The van der Waals surface area contributed by atoms with Gasteiger partial charge in [0.1, 0.15) is 17.5 Å². The minimum atomic E-state index is -0.623. The van der Waals surface area contributed by atoms with Crippen LogP contribution in [0.3, 0.4) is 0 Å². The Kier molecular flexibility index (Phi) is 5.68. The molecule has 0 saturated carbocycles. The van der Waals surface area contributed by atoms with Crippen molar-refractivity contribution >= 4 is 17.2 Å². The lowest BCUT2D eigenvalue weighted by molar-refractivity contribution is -0.164. The van der Waals surface area contributed by atoms with Gasteiger partial charge in [-0.25, -0.2) is 4.98 Å². The Labute approximate surface area is 179 Å². The first kappa shape index (κ1) is 19.9. The van der Waals surface area contributed by atoms with E-state index in [2.05, 4.69) is 11.1 Å². The van der Waals surface area contributed by atoms with Crippen LogP contribution in [0, 0.1) is 18.3 Å². The molecule has 0 radical (unpaired) electrons. The Morgan fingerprint density at radius 2 is 1.97 bits per heavy atom. The monoisotopic (exact) mass is 419 g/mol. The second kappa shape index (κ2) is 8.56. The fraction of sp³-hybridized carbons (Fsp3) is 0.261. The van der Waals surface area contributed by atoms with Crippen LogP contribution in [-0.4, -0.2) is 35.5 Å². The molecule has 1 aromatic heterocycles. The van der Waals surface area contributed by atoms with E-state index >= 15 is 0 Å². The van der Waals surface area contributed by atoms with Crippen molar-refractivity contribution < 1.29 is 14.3 Å². The van der Waals surface area contributed by atoms with Crippen LogP contribution in [0.4, 0.5) is 0 Å². The maximum atomic E-state index is 13.0. The van der Waals surface area contributed by atoms with E-state index in [1.807, 2.05) is 47.5 Å². The molecular formula is C23H21N3O3S. The van der Waals surface area contributed by atoms with E-state index in [1.165, 1.54) is 0 Å². The molecule has 0 bridgehead atoms. The smallest absolute Gasteiger partial charge is 0.266 e. The summed E-state index contributed by atoms with van der Waals surface area (Å²) in [6.45, 7) is 2.53. The van der Waals surface area contributed by atoms with Crippen LogP contribution in [0.2, 0.25) is 0 Å². The lowest BCUT2D eigenvalue weighted by atomic mass is 9.89. The normalized spacial score (nSPS) is 17.9. The number of nitrogens with zero attached hydrogens (tertiary/aromatic N) is 3. The first-order valence-corrected chi connectivity index (χ1v) is 10.5. The lowest BCUT2D eigenvalue weighted by Crippen LogP contribution is -2.61. The maximum absolute atomic E-state index is 13.0. The van der Waals surface area contributed by atoms with Crippen molar-refractivity contribution in [3.05, 3.63) is 75.7 Å². The van der Waals surface area contributed by atoms with Crippen molar-refractivity contribution in [2.24, 2.45) is 0 Å². The third-order valence-electron chi connectivity index (χ3n) is 5.11. The van der Waals surface area contributed by atoms with E-state index in [1.54, 1.807) is 36.6 Å². The number of β-lactam (4-membered cyclic amide) rings is 1. The van der Waals surface area contributed by atoms with E-state index in [-0.39, 0.29) is 11.9 Å². The van der Waals surface area contributed by atoms with Gasteiger partial charge in [-0.1, -0.05) is 18.2 Å². The fourth-order valence-electron chi connectivity index (χ4n) is 3.57. The lowest BCUT2D eigenvalue weighted by Gasteiger charge is -2.46. The fourth-order valence-corrected chi connectivity index (χ4v) is 4.22. The van der Waals surface area contributed by atoms with Gasteiger partial charge in [0.2, 0.25) is 6.10 Å². The third kappa shape index (κ3) is 4.00. The summed E-state index contributed by atoms with van der Waals surface area (Å²) in [5.74, 6) is 1.20. The number of carbonyl (C=O) groups excluding carboxylic acids is 1. The number of hydrogen-bond acceptors (Lipinski definition) is 6. The molecule has 4 rings (SSSR count). The molecule has 0 N–H and O–H groups in total. The van der Waals surface area contributed by atoms with Gasteiger partial charge in [-0.15, -0.1) is 11.3 Å². The predicted molar refractivity (Wildman–Crippen MR) is 114 cm³/mol. The quantitative estimate of drug-likeness (QED) is 0.543. The minimum absolute atomic E-state index is 0.0564. The van der Waals surface area contributed by atoms with E-state index in [0.717, 1.165) is 16.3 Å². The highest BCUT2D eigenvalue weighted by molar-refractivity contribution is 7.09. The Hall–Kier alpha value is -3.37. The number of hydrogen-bond donors (Lipinski definition) is 0. The van der Waals surface area contributed by atoms with Crippen molar-refractivity contribution in [2.45, 2.75) is 25.5 Å². The SMILES string of the molecule is COc1cccc(O[C@H]2C(=O)N(CCc3csc(C)n3)[C@@H]2c2ccc(C#N)cc2)c1. The molecule has 0 unspecified atom stereocenters. The molecule has 0 aliphatic carbocycles. The topological polar surface area (TPSA) is 75.5 Å². The molecule has 0 spiro atoms. The number of methoxy groups -OCH3 is 1. The van der Waals surface area contributed by atoms with E-state index in [0.29, 0.717) is 30.0 Å². The highest BCUT2D eigenvalue weighted by Gasteiger charge is 2.49. The highest BCUT2D eigenvalue weighted by atomic mass is 32.1. The van der Waals surface area contributed by atoms with Gasteiger partial charge in [0.05, 0.1) is 29.4 Å². The Bertz CT molecular complexity index is 1090. The average molecular weight is 420 g/mol. The highest BCUT2D eigenvalue weighted by Crippen LogP contribution is 2.38. The van der Waals surface area contributed by atoms with Gasteiger partial charge in [0.25, 0.3) is 5.91 Å². The van der Waals surface area contributed by atoms with Crippen LogP contribution in [-0.2, 0) is 11.2 Å². The number of aryl methyl sites for hydroxylation is 1. The van der Waals surface area contributed by atoms with E-state index < -0.39 is 6.10 Å². The molecule has 152 valence electrons. The number of rotatable bonds is 7. The molecule has 1 aliphatic heterocycles. The molecule has 2 aromatic carbocycles. The summed E-state index contributed by atoms with van der Waals surface area (Å²) in [7, 11) is 1.59. The molecule has 2 atom stereocenters. The van der Waals surface area contributed by atoms with E-state index in [4.69, 9.17) is 14.7 Å². The molecule has 1 fully saturated rings. The zero-order chi connectivity index (χ0) is 21.1. The van der Waals surface area contributed by atoms with Gasteiger partial charge in [0.15, 0.2) is 0 Å². The minimum Gasteiger partial charge on any atom is -0.497 e. The van der Waals surface area contributed by atoms with Crippen LogP contribution in [0.15, 0.2) is 53.9 Å². The van der Waals surface area contributed by atoms with Gasteiger partial charge in [-0.05, 0) is 36.8 Å². The number of nitriles is 1. The molecule has 6 nitrogen and oxygen atoms in total. The van der Waals surface area contributed by atoms with E-state index in [9.17, 15) is 4.79 Å². The molecule has 1 aliphatic rings. The van der Waals surface area contributed by atoms with Crippen LogP contribution in [0.1, 0.15) is 27.9 Å². The van der Waals surface area contributed by atoms with Crippen LogP contribution >= 0.6 is 11.3 Å². The number of aromatic nitrogens is 1. The molecule has 30 heavy (non-hydrogen) atoms. The summed E-state index contributed by atoms with van der Waals surface area (Å²) in [6, 6.07) is 16.4. The largest absolute Gasteiger partial charge is 0.497 e. The van der Waals surface area contributed by atoms with Crippen molar-refractivity contribution in [1.82, 2.24) is 9.88 Å². The summed E-state index contributed by atoms with van der Waals surface area (Å²) >= 11 is 1.61. The molecule has 7 heteroatoms.